The molecule has 0 unspecified atom stereocenters. The Labute approximate surface area is 155 Å². The van der Waals surface area contributed by atoms with E-state index in [0.717, 1.165) is 38.9 Å². The molecule has 0 saturated heterocycles. The molecule has 26 heavy (non-hydrogen) atoms. The maximum absolute atomic E-state index is 12.5. The second kappa shape index (κ2) is 10.2. The van der Waals surface area contributed by atoms with Gasteiger partial charge in [0.2, 0.25) is 9.84 Å². The van der Waals surface area contributed by atoms with Crippen LogP contribution in [0.15, 0.2) is 58.3 Å². The SMILES string of the molecule is CCCCOCCCCOc1ccc(S(=O)(=O)c2ccc(O)cc2)cc1. The number of benzene rings is 2. The van der Waals surface area contributed by atoms with Crippen molar-refractivity contribution in [1.82, 2.24) is 0 Å². The van der Waals surface area contributed by atoms with Crippen molar-refractivity contribution in [2.24, 2.45) is 0 Å². The second-order valence-corrected chi connectivity index (χ2v) is 7.94. The first-order valence-corrected chi connectivity index (χ1v) is 10.4. The highest BCUT2D eigenvalue weighted by atomic mass is 32.2. The van der Waals surface area contributed by atoms with Gasteiger partial charge in [0, 0.05) is 13.2 Å². The minimum Gasteiger partial charge on any atom is -0.508 e. The van der Waals surface area contributed by atoms with E-state index in [1.165, 1.54) is 36.4 Å². The number of hydrogen-bond donors (Lipinski definition) is 1. The Bertz CT molecular complexity index is 752. The van der Waals surface area contributed by atoms with Crippen LogP contribution < -0.4 is 4.74 Å². The van der Waals surface area contributed by atoms with Crippen LogP contribution in [0.1, 0.15) is 32.6 Å². The van der Waals surface area contributed by atoms with Crippen LogP contribution in [0.4, 0.5) is 0 Å². The Morgan fingerprint density at radius 2 is 1.35 bits per heavy atom. The van der Waals surface area contributed by atoms with Crippen LogP contribution >= 0.6 is 0 Å². The fraction of sp³-hybridized carbons (Fsp3) is 0.400. The minimum absolute atomic E-state index is 0.0310. The molecule has 0 heterocycles. The molecule has 0 aliphatic rings. The van der Waals surface area contributed by atoms with Crippen LogP contribution in [-0.2, 0) is 14.6 Å². The Kier molecular flexibility index (Phi) is 7.94. The molecule has 2 aromatic carbocycles. The summed E-state index contributed by atoms with van der Waals surface area (Å²) in [4.78, 5) is 0.340. The van der Waals surface area contributed by atoms with Gasteiger partial charge in [-0.1, -0.05) is 13.3 Å². The maximum Gasteiger partial charge on any atom is 0.206 e. The highest BCUT2D eigenvalue weighted by Gasteiger charge is 2.17. The van der Waals surface area contributed by atoms with E-state index in [1.54, 1.807) is 12.1 Å². The molecule has 0 amide bonds. The number of ether oxygens (including phenoxy) is 2. The van der Waals surface area contributed by atoms with Crippen molar-refractivity contribution < 1.29 is 23.0 Å². The summed E-state index contributed by atoms with van der Waals surface area (Å²) in [6, 6.07) is 11.9. The molecule has 2 aromatic rings. The average Bonchev–Trinajstić information content (AvgIpc) is 2.65. The monoisotopic (exact) mass is 378 g/mol. The summed E-state index contributed by atoms with van der Waals surface area (Å²) >= 11 is 0. The first kappa shape index (κ1) is 20.3. The van der Waals surface area contributed by atoms with Gasteiger partial charge in [0.25, 0.3) is 0 Å². The first-order valence-electron chi connectivity index (χ1n) is 8.89. The lowest BCUT2D eigenvalue weighted by atomic mass is 10.3. The molecule has 0 atom stereocenters. The predicted octanol–water partition coefficient (Wildman–Crippen LogP) is 4.20. The van der Waals surface area contributed by atoms with E-state index in [1.807, 2.05) is 0 Å². The Morgan fingerprint density at radius 3 is 1.96 bits per heavy atom. The van der Waals surface area contributed by atoms with Crippen molar-refractivity contribution >= 4 is 9.84 Å². The van der Waals surface area contributed by atoms with Gasteiger partial charge in [-0.15, -0.1) is 0 Å². The lowest BCUT2D eigenvalue weighted by Crippen LogP contribution is -2.03. The van der Waals surface area contributed by atoms with Crippen LogP contribution in [0.5, 0.6) is 11.5 Å². The molecular weight excluding hydrogens is 352 g/mol. The zero-order chi connectivity index (χ0) is 18.8. The molecule has 0 saturated carbocycles. The highest BCUT2D eigenvalue weighted by Crippen LogP contribution is 2.24. The van der Waals surface area contributed by atoms with Crippen molar-refractivity contribution in [3.8, 4) is 11.5 Å². The number of phenolic OH excluding ortho intramolecular Hbond substituents is 1. The summed E-state index contributed by atoms with van der Waals surface area (Å²) in [5.74, 6) is 0.671. The molecule has 0 aliphatic carbocycles. The summed E-state index contributed by atoms with van der Waals surface area (Å²) < 4.78 is 36.2. The number of aromatic hydroxyl groups is 1. The predicted molar refractivity (Wildman–Crippen MR) is 100 cm³/mol. The largest absolute Gasteiger partial charge is 0.508 e. The average molecular weight is 378 g/mol. The Morgan fingerprint density at radius 1 is 0.808 bits per heavy atom. The fourth-order valence-electron chi connectivity index (χ4n) is 2.32. The molecule has 5 nitrogen and oxygen atoms in total. The number of sulfone groups is 1. The Hall–Kier alpha value is -2.05. The van der Waals surface area contributed by atoms with E-state index >= 15 is 0 Å². The zero-order valence-corrected chi connectivity index (χ0v) is 15.9. The molecule has 1 N–H and O–H groups in total. The molecule has 0 fully saturated rings. The van der Waals surface area contributed by atoms with Gasteiger partial charge in [0.1, 0.15) is 11.5 Å². The highest BCUT2D eigenvalue weighted by molar-refractivity contribution is 7.91. The molecule has 0 radical (unpaired) electrons. The van der Waals surface area contributed by atoms with Crippen molar-refractivity contribution in [3.05, 3.63) is 48.5 Å². The summed E-state index contributed by atoms with van der Waals surface area (Å²) in [7, 11) is -3.60. The van der Waals surface area contributed by atoms with Crippen molar-refractivity contribution in [1.29, 1.82) is 0 Å². The van der Waals surface area contributed by atoms with Crippen molar-refractivity contribution in [2.75, 3.05) is 19.8 Å². The molecule has 0 spiro atoms. The maximum atomic E-state index is 12.5. The van der Waals surface area contributed by atoms with Gasteiger partial charge < -0.3 is 14.6 Å². The quantitative estimate of drug-likeness (QED) is 0.593. The normalized spacial score (nSPS) is 11.4. The summed E-state index contributed by atoms with van der Waals surface area (Å²) in [5, 5.41) is 9.28. The molecule has 0 aromatic heterocycles. The summed E-state index contributed by atoms with van der Waals surface area (Å²) in [5.41, 5.74) is 0. The Balaban J connectivity index is 1.81. The van der Waals surface area contributed by atoms with E-state index < -0.39 is 9.84 Å². The molecular formula is C20H26O5S. The van der Waals surface area contributed by atoms with Gasteiger partial charge in [-0.05, 0) is 67.8 Å². The summed E-state index contributed by atoms with van der Waals surface area (Å²) in [6.07, 6.45) is 4.06. The number of unbranched alkanes of at least 4 members (excludes halogenated alkanes) is 2. The third-order valence-electron chi connectivity index (χ3n) is 3.88. The number of hydrogen-bond acceptors (Lipinski definition) is 5. The van der Waals surface area contributed by atoms with E-state index in [-0.39, 0.29) is 15.5 Å². The lowest BCUT2D eigenvalue weighted by Gasteiger charge is -2.08. The first-order chi connectivity index (χ1) is 12.5. The van der Waals surface area contributed by atoms with Gasteiger partial charge in [-0.3, -0.25) is 0 Å². The van der Waals surface area contributed by atoms with E-state index in [9.17, 15) is 13.5 Å². The van der Waals surface area contributed by atoms with Crippen LogP contribution in [0.25, 0.3) is 0 Å². The van der Waals surface area contributed by atoms with Crippen LogP contribution in [0.2, 0.25) is 0 Å². The minimum atomic E-state index is -3.60. The van der Waals surface area contributed by atoms with Crippen LogP contribution in [-0.4, -0.2) is 33.3 Å². The molecule has 142 valence electrons. The van der Waals surface area contributed by atoms with Gasteiger partial charge in [0.15, 0.2) is 0 Å². The molecule has 0 bridgehead atoms. The molecule has 0 aliphatic heterocycles. The van der Waals surface area contributed by atoms with Gasteiger partial charge in [-0.2, -0.15) is 0 Å². The second-order valence-electron chi connectivity index (χ2n) is 5.99. The van der Waals surface area contributed by atoms with E-state index in [0.29, 0.717) is 12.4 Å². The standard InChI is InChI=1S/C20H26O5S/c1-2-3-14-24-15-4-5-16-25-18-8-12-20(13-9-18)26(22,23)19-10-6-17(21)7-11-19/h6-13,21H,2-5,14-16H2,1H3. The van der Waals surface area contributed by atoms with E-state index in [2.05, 4.69) is 6.92 Å². The van der Waals surface area contributed by atoms with Crippen molar-refractivity contribution in [3.63, 3.8) is 0 Å². The molecule has 6 heteroatoms. The van der Waals surface area contributed by atoms with Crippen LogP contribution in [0.3, 0.4) is 0 Å². The number of phenols is 1. The topological polar surface area (TPSA) is 72.8 Å². The van der Waals surface area contributed by atoms with Gasteiger partial charge in [-0.25, -0.2) is 8.42 Å². The van der Waals surface area contributed by atoms with Gasteiger partial charge >= 0.3 is 0 Å². The fourth-order valence-corrected chi connectivity index (χ4v) is 3.58. The third kappa shape index (κ3) is 6.04. The summed E-state index contributed by atoms with van der Waals surface area (Å²) in [6.45, 7) is 4.26. The number of rotatable bonds is 11. The van der Waals surface area contributed by atoms with Crippen LogP contribution in [0, 0.1) is 0 Å². The molecule has 2 rings (SSSR count). The van der Waals surface area contributed by atoms with E-state index in [4.69, 9.17) is 9.47 Å². The van der Waals surface area contributed by atoms with Crippen molar-refractivity contribution in [2.45, 2.75) is 42.4 Å². The lowest BCUT2D eigenvalue weighted by molar-refractivity contribution is 0.123. The van der Waals surface area contributed by atoms with Gasteiger partial charge in [0.05, 0.1) is 16.4 Å². The zero-order valence-electron chi connectivity index (χ0n) is 15.1. The smallest absolute Gasteiger partial charge is 0.206 e. The third-order valence-corrected chi connectivity index (χ3v) is 5.66.